The van der Waals surface area contributed by atoms with Crippen LogP contribution < -0.4 is 5.73 Å². The monoisotopic (exact) mass is 305 g/mol. The maximum atomic E-state index is 12.2. The van der Waals surface area contributed by atoms with Crippen LogP contribution in [0.1, 0.15) is 25.7 Å². The van der Waals surface area contributed by atoms with Crippen molar-refractivity contribution in [3.8, 4) is 0 Å². The van der Waals surface area contributed by atoms with E-state index in [2.05, 4.69) is 4.98 Å². The van der Waals surface area contributed by atoms with E-state index in [0.29, 0.717) is 22.2 Å². The molecule has 112 valence electrons. The highest BCUT2D eigenvalue weighted by molar-refractivity contribution is 7.99. The second-order valence-electron chi connectivity index (χ2n) is 5.29. The highest BCUT2D eigenvalue weighted by atomic mass is 32.2. The first-order chi connectivity index (χ1) is 10.2. The quantitative estimate of drug-likeness (QED) is 0.697. The van der Waals surface area contributed by atoms with E-state index in [4.69, 9.17) is 10.2 Å². The van der Waals surface area contributed by atoms with E-state index in [9.17, 15) is 4.79 Å². The molecule has 1 amide bonds. The van der Waals surface area contributed by atoms with Crippen molar-refractivity contribution in [1.29, 1.82) is 0 Å². The van der Waals surface area contributed by atoms with Gasteiger partial charge in [0.25, 0.3) is 5.22 Å². The van der Waals surface area contributed by atoms with E-state index in [0.717, 1.165) is 31.4 Å². The van der Waals surface area contributed by atoms with Gasteiger partial charge in [0.1, 0.15) is 5.52 Å². The fraction of sp³-hybridized carbons (Fsp3) is 0.467. The Morgan fingerprint density at radius 3 is 2.81 bits per heavy atom. The second-order valence-corrected chi connectivity index (χ2v) is 6.22. The van der Waals surface area contributed by atoms with Gasteiger partial charge >= 0.3 is 0 Å². The molecule has 1 saturated heterocycles. The number of benzene rings is 1. The van der Waals surface area contributed by atoms with Gasteiger partial charge < -0.3 is 15.1 Å². The average Bonchev–Trinajstić information content (AvgIpc) is 2.69. The van der Waals surface area contributed by atoms with Gasteiger partial charge in [0.05, 0.1) is 5.75 Å². The summed E-state index contributed by atoms with van der Waals surface area (Å²) in [6.07, 6.45) is 4.67. The first kappa shape index (κ1) is 14.3. The van der Waals surface area contributed by atoms with Crippen LogP contribution >= 0.6 is 11.8 Å². The number of aromatic nitrogens is 1. The van der Waals surface area contributed by atoms with E-state index < -0.39 is 0 Å². The summed E-state index contributed by atoms with van der Waals surface area (Å²) >= 11 is 1.35. The van der Waals surface area contributed by atoms with Crippen LogP contribution in [0.5, 0.6) is 0 Å². The molecule has 6 heteroatoms. The zero-order valence-electron chi connectivity index (χ0n) is 11.9. The number of nitrogen functional groups attached to an aromatic ring is 1. The van der Waals surface area contributed by atoms with E-state index >= 15 is 0 Å². The molecule has 0 spiro atoms. The zero-order chi connectivity index (χ0) is 14.7. The van der Waals surface area contributed by atoms with Gasteiger partial charge in [-0.25, -0.2) is 4.98 Å². The normalized spacial score (nSPS) is 16.1. The SMILES string of the molecule is Nc1ccc2oc(SCC(=O)N3CCCCCC3)nc2c1. The Hall–Kier alpha value is -1.69. The number of thioether (sulfide) groups is 1. The predicted octanol–water partition coefficient (Wildman–Crippen LogP) is 2.90. The Morgan fingerprint density at radius 2 is 2.05 bits per heavy atom. The minimum atomic E-state index is 0.170. The molecule has 1 fully saturated rings. The van der Waals surface area contributed by atoms with Crippen LogP contribution in [0.15, 0.2) is 27.8 Å². The van der Waals surface area contributed by atoms with Crippen molar-refractivity contribution in [3.63, 3.8) is 0 Å². The number of carbonyl (C=O) groups excluding carboxylic acids is 1. The van der Waals surface area contributed by atoms with Crippen LogP contribution in [0.25, 0.3) is 11.1 Å². The van der Waals surface area contributed by atoms with Crippen LogP contribution in [-0.2, 0) is 4.79 Å². The lowest BCUT2D eigenvalue weighted by Crippen LogP contribution is -2.33. The molecule has 0 radical (unpaired) electrons. The number of hydrogen-bond acceptors (Lipinski definition) is 5. The van der Waals surface area contributed by atoms with Crippen LogP contribution in [0.2, 0.25) is 0 Å². The van der Waals surface area contributed by atoms with E-state index in [1.54, 1.807) is 18.2 Å². The van der Waals surface area contributed by atoms with Crippen molar-refractivity contribution in [2.75, 3.05) is 24.6 Å². The second kappa shape index (κ2) is 6.39. The first-order valence-electron chi connectivity index (χ1n) is 7.29. The number of carbonyl (C=O) groups is 1. The van der Waals surface area contributed by atoms with E-state index in [1.807, 2.05) is 4.90 Å². The van der Waals surface area contributed by atoms with Crippen LogP contribution in [0.3, 0.4) is 0 Å². The predicted molar refractivity (Wildman–Crippen MR) is 84.2 cm³/mol. The third-order valence-corrected chi connectivity index (χ3v) is 4.48. The maximum absolute atomic E-state index is 12.2. The van der Waals surface area contributed by atoms with Crippen LogP contribution in [-0.4, -0.2) is 34.6 Å². The lowest BCUT2D eigenvalue weighted by Gasteiger charge is -2.19. The number of nitrogens with two attached hydrogens (primary N) is 1. The van der Waals surface area contributed by atoms with Gasteiger partial charge in [-0.15, -0.1) is 0 Å². The third-order valence-electron chi connectivity index (χ3n) is 3.67. The summed E-state index contributed by atoms with van der Waals surface area (Å²) in [4.78, 5) is 18.5. The highest BCUT2D eigenvalue weighted by Crippen LogP contribution is 2.25. The summed E-state index contributed by atoms with van der Waals surface area (Å²) in [5, 5.41) is 0.527. The lowest BCUT2D eigenvalue weighted by atomic mass is 10.2. The maximum Gasteiger partial charge on any atom is 0.257 e. The van der Waals surface area contributed by atoms with Crippen molar-refractivity contribution < 1.29 is 9.21 Å². The van der Waals surface area contributed by atoms with Crippen molar-refractivity contribution in [3.05, 3.63) is 18.2 Å². The van der Waals surface area contributed by atoms with Gasteiger partial charge in [-0.1, -0.05) is 24.6 Å². The molecule has 1 aromatic heterocycles. The molecule has 3 rings (SSSR count). The fourth-order valence-corrected chi connectivity index (χ4v) is 3.26. The van der Waals surface area contributed by atoms with Crippen molar-refractivity contribution in [1.82, 2.24) is 9.88 Å². The Labute approximate surface area is 127 Å². The standard InChI is InChI=1S/C15H19N3O2S/c16-11-5-6-13-12(9-11)17-15(20-13)21-10-14(19)18-7-3-1-2-4-8-18/h5-6,9H,1-4,7-8,10,16H2. The zero-order valence-corrected chi connectivity index (χ0v) is 12.7. The van der Waals surface area contributed by atoms with Crippen molar-refractivity contribution >= 4 is 34.5 Å². The summed E-state index contributed by atoms with van der Waals surface area (Å²) in [7, 11) is 0. The summed E-state index contributed by atoms with van der Waals surface area (Å²) in [6.45, 7) is 1.76. The number of hydrogen-bond donors (Lipinski definition) is 1. The number of fused-ring (bicyclic) bond motifs is 1. The summed E-state index contributed by atoms with van der Waals surface area (Å²) < 4.78 is 5.61. The Bertz CT molecular complexity index is 633. The number of anilines is 1. The molecular weight excluding hydrogens is 286 g/mol. The highest BCUT2D eigenvalue weighted by Gasteiger charge is 2.17. The first-order valence-corrected chi connectivity index (χ1v) is 8.27. The molecule has 2 aromatic rings. The molecule has 1 aliphatic rings. The molecule has 2 heterocycles. The Balaban J connectivity index is 1.61. The molecule has 0 saturated carbocycles. The summed E-state index contributed by atoms with van der Waals surface area (Å²) in [5.74, 6) is 0.547. The van der Waals surface area contributed by atoms with Crippen molar-refractivity contribution in [2.24, 2.45) is 0 Å². The number of amides is 1. The van der Waals surface area contributed by atoms with Gasteiger partial charge in [0.2, 0.25) is 5.91 Å². The van der Waals surface area contributed by atoms with Gasteiger partial charge in [0, 0.05) is 18.8 Å². The topological polar surface area (TPSA) is 72.4 Å². The van der Waals surface area contributed by atoms with Crippen molar-refractivity contribution in [2.45, 2.75) is 30.9 Å². The number of nitrogens with zero attached hydrogens (tertiary/aromatic N) is 2. The minimum Gasteiger partial charge on any atom is -0.431 e. The van der Waals surface area contributed by atoms with Crippen LogP contribution in [0, 0.1) is 0 Å². The summed E-state index contributed by atoms with van der Waals surface area (Å²) in [5.41, 5.74) is 7.82. The molecule has 0 atom stereocenters. The van der Waals surface area contributed by atoms with E-state index in [1.165, 1.54) is 24.6 Å². The van der Waals surface area contributed by atoms with Gasteiger partial charge in [-0.2, -0.15) is 0 Å². The van der Waals surface area contributed by atoms with Gasteiger partial charge in [-0.05, 0) is 31.0 Å². The molecule has 2 N–H and O–H groups in total. The molecular formula is C15H19N3O2S. The lowest BCUT2D eigenvalue weighted by molar-refractivity contribution is -0.128. The minimum absolute atomic E-state index is 0.170. The molecule has 0 aliphatic carbocycles. The number of oxazole rings is 1. The molecule has 1 aliphatic heterocycles. The van der Waals surface area contributed by atoms with Gasteiger partial charge in [-0.3, -0.25) is 4.79 Å². The largest absolute Gasteiger partial charge is 0.431 e. The average molecular weight is 305 g/mol. The Morgan fingerprint density at radius 1 is 1.29 bits per heavy atom. The molecule has 21 heavy (non-hydrogen) atoms. The number of likely N-dealkylation sites (tertiary alicyclic amines) is 1. The van der Waals surface area contributed by atoms with Gasteiger partial charge in [0.15, 0.2) is 5.58 Å². The molecule has 1 aromatic carbocycles. The molecule has 0 unspecified atom stereocenters. The Kier molecular flexibility index (Phi) is 4.34. The molecule has 0 bridgehead atoms. The van der Waals surface area contributed by atoms with E-state index in [-0.39, 0.29) is 5.91 Å². The fourth-order valence-electron chi connectivity index (χ4n) is 2.52. The smallest absolute Gasteiger partial charge is 0.257 e. The number of rotatable bonds is 3. The third kappa shape index (κ3) is 3.50. The van der Waals surface area contributed by atoms with Crippen LogP contribution in [0.4, 0.5) is 5.69 Å². The molecule has 5 nitrogen and oxygen atoms in total. The summed E-state index contributed by atoms with van der Waals surface area (Å²) in [6, 6.07) is 5.36.